The van der Waals surface area contributed by atoms with E-state index in [4.69, 9.17) is 5.11 Å². The zero-order valence-electron chi connectivity index (χ0n) is 13.5. The minimum Gasteiger partial charge on any atom is -0.477 e. The second-order valence-electron chi connectivity index (χ2n) is 5.69. The van der Waals surface area contributed by atoms with Crippen molar-refractivity contribution >= 4 is 23.2 Å². The molecule has 0 saturated heterocycles. The number of carbonyl (C=O) groups is 2. The number of hydrogen-bond donors (Lipinski definition) is 2. The fraction of sp³-hybridized carbons (Fsp3) is 0.438. The van der Waals surface area contributed by atoms with Crippen molar-refractivity contribution < 1.29 is 14.7 Å². The molecular weight excluding hydrogens is 314 g/mol. The summed E-state index contributed by atoms with van der Waals surface area (Å²) in [5.41, 5.74) is 1.51. The molecule has 23 heavy (non-hydrogen) atoms. The summed E-state index contributed by atoms with van der Waals surface area (Å²) >= 11 is 1.17. The molecule has 7 heteroatoms. The topological polar surface area (TPSA) is 84.2 Å². The number of rotatable bonds is 7. The largest absolute Gasteiger partial charge is 0.477 e. The van der Waals surface area contributed by atoms with Crippen molar-refractivity contribution in [2.75, 3.05) is 0 Å². The van der Waals surface area contributed by atoms with Gasteiger partial charge in [-0.3, -0.25) is 9.48 Å². The van der Waals surface area contributed by atoms with E-state index in [1.165, 1.54) is 11.3 Å². The van der Waals surface area contributed by atoms with E-state index in [9.17, 15) is 9.59 Å². The maximum absolute atomic E-state index is 12.4. The van der Waals surface area contributed by atoms with Crippen molar-refractivity contribution in [3.8, 4) is 0 Å². The lowest BCUT2D eigenvalue weighted by atomic mass is 10.1. The number of carboxylic acid groups (broad SMARTS) is 1. The first-order valence-corrected chi connectivity index (χ1v) is 8.38. The predicted molar refractivity (Wildman–Crippen MR) is 88.9 cm³/mol. The molecule has 1 amide bonds. The van der Waals surface area contributed by atoms with E-state index in [0.29, 0.717) is 18.0 Å². The summed E-state index contributed by atoms with van der Waals surface area (Å²) in [4.78, 5) is 24.3. The highest BCUT2D eigenvalue weighted by Gasteiger charge is 2.17. The van der Waals surface area contributed by atoms with Gasteiger partial charge in [0.25, 0.3) is 5.91 Å². The fourth-order valence-corrected chi connectivity index (χ4v) is 3.11. The van der Waals surface area contributed by atoms with Crippen LogP contribution in [0.5, 0.6) is 0 Å². The SMILES string of the molecule is CCc1c(C(=O)NCc2ccc(C(=O)O)s2)cnn1CC(C)C. The molecule has 2 aromatic heterocycles. The first-order valence-electron chi connectivity index (χ1n) is 7.57. The molecule has 0 saturated carbocycles. The minimum absolute atomic E-state index is 0.179. The molecule has 0 aliphatic carbocycles. The van der Waals surface area contributed by atoms with Crippen LogP contribution in [0.1, 0.15) is 51.4 Å². The highest BCUT2D eigenvalue weighted by Crippen LogP contribution is 2.17. The number of carboxylic acids is 1. The smallest absolute Gasteiger partial charge is 0.345 e. The molecule has 0 aliphatic heterocycles. The number of nitrogens with zero attached hydrogens (tertiary/aromatic N) is 2. The van der Waals surface area contributed by atoms with Crippen LogP contribution >= 0.6 is 11.3 Å². The number of aromatic nitrogens is 2. The molecule has 0 aliphatic rings. The monoisotopic (exact) mass is 335 g/mol. The molecule has 2 aromatic rings. The van der Waals surface area contributed by atoms with Gasteiger partial charge in [-0.25, -0.2) is 4.79 Å². The normalized spacial score (nSPS) is 11.0. The van der Waals surface area contributed by atoms with Crippen LogP contribution in [0.4, 0.5) is 0 Å². The number of thiophene rings is 1. The van der Waals surface area contributed by atoms with E-state index in [1.54, 1.807) is 18.3 Å². The molecule has 0 radical (unpaired) electrons. The van der Waals surface area contributed by atoms with Crippen LogP contribution in [0, 0.1) is 5.92 Å². The van der Waals surface area contributed by atoms with Gasteiger partial charge in [0.1, 0.15) is 4.88 Å². The Morgan fingerprint density at radius 1 is 1.39 bits per heavy atom. The maximum atomic E-state index is 12.4. The van der Waals surface area contributed by atoms with Gasteiger partial charge < -0.3 is 10.4 Å². The highest BCUT2D eigenvalue weighted by atomic mass is 32.1. The summed E-state index contributed by atoms with van der Waals surface area (Å²) in [7, 11) is 0. The molecule has 2 N–H and O–H groups in total. The molecule has 0 bridgehead atoms. The quantitative estimate of drug-likeness (QED) is 0.815. The predicted octanol–water partition coefficient (Wildman–Crippen LogP) is 2.79. The van der Waals surface area contributed by atoms with Crippen molar-refractivity contribution in [1.82, 2.24) is 15.1 Å². The average molecular weight is 335 g/mol. The van der Waals surface area contributed by atoms with Crippen LogP contribution in [-0.2, 0) is 19.5 Å². The van der Waals surface area contributed by atoms with Gasteiger partial charge in [-0.1, -0.05) is 20.8 Å². The molecule has 2 heterocycles. The summed E-state index contributed by atoms with van der Waals surface area (Å²) in [6.07, 6.45) is 2.34. The van der Waals surface area contributed by atoms with E-state index in [-0.39, 0.29) is 10.8 Å². The third-order valence-electron chi connectivity index (χ3n) is 3.36. The molecular formula is C16H21N3O3S. The molecule has 0 aromatic carbocycles. The van der Waals surface area contributed by atoms with Gasteiger partial charge in [0, 0.05) is 11.4 Å². The Hall–Kier alpha value is -2.15. The second kappa shape index (κ2) is 7.41. The molecule has 0 fully saturated rings. The minimum atomic E-state index is -0.948. The summed E-state index contributed by atoms with van der Waals surface area (Å²) < 4.78 is 1.88. The maximum Gasteiger partial charge on any atom is 0.345 e. The molecule has 0 atom stereocenters. The lowest BCUT2D eigenvalue weighted by Crippen LogP contribution is -2.23. The Kier molecular flexibility index (Phi) is 5.54. The lowest BCUT2D eigenvalue weighted by Gasteiger charge is -2.10. The molecule has 2 rings (SSSR count). The van der Waals surface area contributed by atoms with Gasteiger partial charge in [0.05, 0.1) is 24.0 Å². The van der Waals surface area contributed by atoms with Gasteiger partial charge in [0.15, 0.2) is 0 Å². The van der Waals surface area contributed by atoms with Crippen molar-refractivity contribution in [3.63, 3.8) is 0 Å². The zero-order valence-corrected chi connectivity index (χ0v) is 14.3. The Bertz CT molecular complexity index is 703. The van der Waals surface area contributed by atoms with E-state index >= 15 is 0 Å². The van der Waals surface area contributed by atoms with Crippen LogP contribution in [0.3, 0.4) is 0 Å². The Balaban J connectivity index is 2.05. The standard InChI is InChI=1S/C16H21N3O3S/c1-4-13-12(8-18-19(13)9-10(2)3)15(20)17-7-11-5-6-14(23-11)16(21)22/h5-6,8,10H,4,7,9H2,1-3H3,(H,17,20)(H,21,22). The van der Waals surface area contributed by atoms with Crippen molar-refractivity contribution in [1.29, 1.82) is 0 Å². The molecule has 124 valence electrons. The van der Waals surface area contributed by atoms with Crippen LogP contribution in [0.2, 0.25) is 0 Å². The number of hydrogen-bond acceptors (Lipinski definition) is 4. The summed E-state index contributed by atoms with van der Waals surface area (Å²) in [6.45, 7) is 7.32. The van der Waals surface area contributed by atoms with Gasteiger partial charge >= 0.3 is 5.97 Å². The van der Waals surface area contributed by atoms with E-state index in [0.717, 1.165) is 23.5 Å². The van der Waals surface area contributed by atoms with Gasteiger partial charge in [0.2, 0.25) is 0 Å². The van der Waals surface area contributed by atoms with Crippen LogP contribution < -0.4 is 5.32 Å². The van der Waals surface area contributed by atoms with E-state index < -0.39 is 5.97 Å². The second-order valence-corrected chi connectivity index (χ2v) is 6.86. The van der Waals surface area contributed by atoms with Gasteiger partial charge in [-0.15, -0.1) is 11.3 Å². The molecule has 0 unspecified atom stereocenters. The third-order valence-corrected chi connectivity index (χ3v) is 4.44. The van der Waals surface area contributed by atoms with Gasteiger partial charge in [-0.2, -0.15) is 5.10 Å². The molecule has 0 spiro atoms. The first kappa shape index (κ1) is 17.2. The lowest BCUT2D eigenvalue weighted by molar-refractivity contribution is 0.0702. The van der Waals surface area contributed by atoms with Crippen molar-refractivity contribution in [2.24, 2.45) is 5.92 Å². The highest BCUT2D eigenvalue weighted by molar-refractivity contribution is 7.13. The van der Waals surface area contributed by atoms with Crippen molar-refractivity contribution in [2.45, 2.75) is 40.3 Å². The number of carbonyl (C=O) groups excluding carboxylic acids is 1. The van der Waals surface area contributed by atoms with Crippen LogP contribution in [0.15, 0.2) is 18.3 Å². The third kappa shape index (κ3) is 4.19. The Morgan fingerprint density at radius 3 is 2.70 bits per heavy atom. The molecule has 6 nitrogen and oxygen atoms in total. The first-order chi connectivity index (χ1) is 10.9. The van der Waals surface area contributed by atoms with Crippen molar-refractivity contribution in [3.05, 3.63) is 39.3 Å². The van der Waals surface area contributed by atoms with E-state index in [1.807, 2.05) is 11.6 Å². The summed E-state index contributed by atoms with van der Waals surface area (Å²) in [5, 5.41) is 16.1. The number of nitrogens with one attached hydrogen (secondary N) is 1. The Labute approximate surface area is 139 Å². The van der Waals surface area contributed by atoms with Gasteiger partial charge in [-0.05, 0) is 24.5 Å². The fourth-order valence-electron chi connectivity index (χ4n) is 2.33. The van der Waals surface area contributed by atoms with Crippen LogP contribution in [0.25, 0.3) is 0 Å². The average Bonchev–Trinajstić information content (AvgIpc) is 3.10. The zero-order chi connectivity index (χ0) is 17.0. The number of aromatic carboxylic acids is 1. The Morgan fingerprint density at radius 2 is 2.13 bits per heavy atom. The van der Waals surface area contributed by atoms with E-state index in [2.05, 4.69) is 24.3 Å². The summed E-state index contributed by atoms with van der Waals surface area (Å²) in [5.74, 6) is -0.672. The van der Waals surface area contributed by atoms with Crippen LogP contribution in [-0.4, -0.2) is 26.8 Å². The number of amides is 1. The summed E-state index contributed by atoms with van der Waals surface area (Å²) in [6, 6.07) is 3.27.